The maximum absolute atomic E-state index is 11.0. The van der Waals surface area contributed by atoms with E-state index in [9.17, 15) is 71.5 Å². The second-order valence-electron chi connectivity index (χ2n) is 11.1. The lowest BCUT2D eigenvalue weighted by Gasteiger charge is -2.49. The quantitative estimate of drug-likeness (QED) is 0.103. The lowest BCUT2D eigenvalue weighted by molar-refractivity contribution is -0.405. The van der Waals surface area contributed by atoms with Crippen molar-refractivity contribution in [3.63, 3.8) is 0 Å². The third-order valence-electron chi connectivity index (χ3n) is 8.21. The summed E-state index contributed by atoms with van der Waals surface area (Å²) in [6.07, 6.45) is -36.6. The summed E-state index contributed by atoms with van der Waals surface area (Å²) in [5.74, 6) is 0. The molecule has 20 atom stereocenters. The summed E-state index contributed by atoms with van der Waals surface area (Å²) < 4.78 is 38.3. The van der Waals surface area contributed by atoms with Gasteiger partial charge in [-0.3, -0.25) is 0 Å². The Hall–Kier alpha value is -0.840. The van der Waals surface area contributed by atoms with E-state index >= 15 is 0 Å². The lowest BCUT2D eigenvalue weighted by atomic mass is 9.96. The van der Waals surface area contributed by atoms with Crippen LogP contribution in [0.15, 0.2) is 0 Å². The van der Waals surface area contributed by atoms with E-state index in [1.165, 1.54) is 0 Å². The molecule has 45 heavy (non-hydrogen) atoms. The van der Waals surface area contributed by atoms with Crippen molar-refractivity contribution >= 4 is 0 Å². The topological polar surface area (TPSA) is 348 Å². The molecule has 0 spiro atoms. The largest absolute Gasteiger partial charge is 0.394 e. The van der Waals surface area contributed by atoms with Gasteiger partial charge in [-0.1, -0.05) is 0 Å². The van der Waals surface area contributed by atoms with Crippen LogP contribution in [-0.4, -0.2) is 221 Å². The number of ether oxygens (including phenoxy) is 7. The first-order valence-corrected chi connectivity index (χ1v) is 14.1. The molecule has 4 saturated heterocycles. The predicted octanol–water partition coefficient (Wildman–Crippen LogP) is -9.75. The molecule has 0 aromatic carbocycles. The van der Waals surface area contributed by atoms with Crippen molar-refractivity contribution in [3.05, 3.63) is 0 Å². The maximum Gasteiger partial charge on any atom is 0.187 e. The molecule has 21 heteroatoms. The Bertz CT molecular complexity index is 916. The van der Waals surface area contributed by atoms with Gasteiger partial charge in [0, 0.05) is 0 Å². The minimum absolute atomic E-state index is 0.791. The van der Waals surface area contributed by atoms with Crippen LogP contribution in [0.1, 0.15) is 0 Å². The minimum Gasteiger partial charge on any atom is -0.394 e. The molecule has 0 unspecified atom stereocenters. The summed E-state index contributed by atoms with van der Waals surface area (Å²) in [4.78, 5) is 0. The molecular formula is C24H42O21. The van der Waals surface area contributed by atoms with E-state index in [0.29, 0.717) is 0 Å². The smallest absolute Gasteiger partial charge is 0.187 e. The molecule has 4 aliphatic heterocycles. The first kappa shape index (κ1) is 37.0. The van der Waals surface area contributed by atoms with Crippen molar-refractivity contribution in [2.75, 3.05) is 26.4 Å². The zero-order valence-corrected chi connectivity index (χ0v) is 23.5. The molecule has 0 aromatic rings. The number of aliphatic hydroxyl groups excluding tert-OH is 14. The Morgan fingerprint density at radius 1 is 0.333 bits per heavy atom. The van der Waals surface area contributed by atoms with Crippen molar-refractivity contribution < 1.29 is 105 Å². The molecule has 0 bridgehead atoms. The third kappa shape index (κ3) is 7.44. The summed E-state index contributed by atoms with van der Waals surface area (Å²) in [6.45, 7) is -3.41. The van der Waals surface area contributed by atoms with Crippen LogP contribution in [0.25, 0.3) is 0 Å². The van der Waals surface area contributed by atoms with Gasteiger partial charge in [-0.2, -0.15) is 0 Å². The van der Waals surface area contributed by atoms with Gasteiger partial charge in [-0.05, 0) is 0 Å². The van der Waals surface area contributed by atoms with Gasteiger partial charge in [0.05, 0.1) is 26.4 Å². The zero-order chi connectivity index (χ0) is 33.3. The van der Waals surface area contributed by atoms with Crippen LogP contribution in [0, 0.1) is 0 Å². The minimum atomic E-state index is -2.03. The molecule has 4 heterocycles. The van der Waals surface area contributed by atoms with Gasteiger partial charge in [-0.25, -0.2) is 0 Å². The van der Waals surface area contributed by atoms with E-state index in [0.717, 1.165) is 0 Å². The van der Waals surface area contributed by atoms with Crippen molar-refractivity contribution in [3.8, 4) is 0 Å². The van der Waals surface area contributed by atoms with Gasteiger partial charge < -0.3 is 105 Å². The molecule has 4 rings (SSSR count). The van der Waals surface area contributed by atoms with Gasteiger partial charge >= 0.3 is 0 Å². The molecule has 0 amide bonds. The van der Waals surface area contributed by atoms with Crippen molar-refractivity contribution in [2.24, 2.45) is 0 Å². The normalized spacial score (nSPS) is 52.9. The lowest BCUT2D eigenvalue weighted by Crippen LogP contribution is -2.68. The molecule has 264 valence electrons. The van der Waals surface area contributed by atoms with Gasteiger partial charge in [0.25, 0.3) is 0 Å². The molecule has 0 saturated carbocycles. The van der Waals surface area contributed by atoms with E-state index in [-0.39, 0.29) is 0 Å². The van der Waals surface area contributed by atoms with E-state index < -0.39 is 149 Å². The number of rotatable bonds is 10. The molecule has 0 aromatic heterocycles. The highest BCUT2D eigenvalue weighted by atomic mass is 16.8. The molecule has 0 aliphatic carbocycles. The Morgan fingerprint density at radius 2 is 0.644 bits per heavy atom. The Morgan fingerprint density at radius 3 is 1.07 bits per heavy atom. The molecular weight excluding hydrogens is 624 g/mol. The SMILES string of the molecule is OC[C@H]1O[C@@H](O[C@@H]2[C@H](O[C@@H]3[C@H](O[C@H]4[C@@H](O)[C@H](O)[C@@H](CO)O[C@@H]4O)O[C@H](CO)[C@@H](O)[C@@H]3O)O[C@H](CO)[C@@H](O)[C@@H]2O)[C@@H](O)[C@@H](O)[C@@H]1O. The van der Waals surface area contributed by atoms with Crippen molar-refractivity contribution in [1.29, 1.82) is 0 Å². The van der Waals surface area contributed by atoms with Gasteiger partial charge in [0.1, 0.15) is 97.7 Å². The van der Waals surface area contributed by atoms with Crippen LogP contribution >= 0.6 is 0 Å². The highest BCUT2D eigenvalue weighted by molar-refractivity contribution is 4.97. The highest BCUT2D eigenvalue weighted by Crippen LogP contribution is 2.34. The fourth-order valence-corrected chi connectivity index (χ4v) is 5.48. The van der Waals surface area contributed by atoms with Crippen LogP contribution in [0.4, 0.5) is 0 Å². The summed E-state index contributed by atoms with van der Waals surface area (Å²) in [6, 6.07) is 0. The fraction of sp³-hybridized carbons (Fsp3) is 1.00. The van der Waals surface area contributed by atoms with Gasteiger partial charge in [-0.15, -0.1) is 0 Å². The molecule has 0 radical (unpaired) electrons. The summed E-state index contributed by atoms with van der Waals surface area (Å²) in [5.41, 5.74) is 0. The molecule has 4 fully saturated rings. The summed E-state index contributed by atoms with van der Waals surface area (Å²) in [5, 5.41) is 143. The van der Waals surface area contributed by atoms with Crippen LogP contribution in [0.5, 0.6) is 0 Å². The average Bonchev–Trinajstić information content (AvgIpc) is 3.03. The van der Waals surface area contributed by atoms with Crippen LogP contribution in [-0.2, 0) is 33.2 Å². The monoisotopic (exact) mass is 666 g/mol. The fourth-order valence-electron chi connectivity index (χ4n) is 5.48. The van der Waals surface area contributed by atoms with Gasteiger partial charge in [0.15, 0.2) is 25.2 Å². The molecule has 21 nitrogen and oxygen atoms in total. The van der Waals surface area contributed by atoms with E-state index in [1.807, 2.05) is 0 Å². The van der Waals surface area contributed by atoms with Crippen molar-refractivity contribution in [1.82, 2.24) is 0 Å². The first-order valence-electron chi connectivity index (χ1n) is 14.1. The van der Waals surface area contributed by atoms with Gasteiger partial charge in [0.2, 0.25) is 0 Å². The zero-order valence-electron chi connectivity index (χ0n) is 23.5. The van der Waals surface area contributed by atoms with Crippen LogP contribution in [0.3, 0.4) is 0 Å². The van der Waals surface area contributed by atoms with Crippen molar-refractivity contribution in [2.45, 2.75) is 123 Å². The Labute approximate surface area is 254 Å². The molecule has 14 N–H and O–H groups in total. The number of aliphatic hydroxyl groups is 14. The first-order chi connectivity index (χ1) is 21.3. The Kier molecular flexibility index (Phi) is 12.8. The number of hydrogen-bond acceptors (Lipinski definition) is 21. The third-order valence-corrected chi connectivity index (χ3v) is 8.21. The predicted molar refractivity (Wildman–Crippen MR) is 134 cm³/mol. The Balaban J connectivity index is 1.61. The second-order valence-corrected chi connectivity index (χ2v) is 11.1. The van der Waals surface area contributed by atoms with E-state index in [1.54, 1.807) is 0 Å². The van der Waals surface area contributed by atoms with Crippen LogP contribution < -0.4 is 0 Å². The van der Waals surface area contributed by atoms with E-state index in [2.05, 4.69) is 0 Å². The maximum atomic E-state index is 11.0. The summed E-state index contributed by atoms with van der Waals surface area (Å²) in [7, 11) is 0. The second kappa shape index (κ2) is 15.6. The standard InChI is InChI=1S/C24H42O21/c25-1-5-10(30)14(34)18(21(38)39-5)43-23-20(16(36)12(32)7(3-27)41-23)45-24-19(15(35)11(31)8(4-28)42-24)44-22-17(37)13(33)9(29)6(2-26)40-22/h5-38H,1-4H2/t5-,6-,7-,8-,9-,10-,11-,12-,13+,14+,15+,16+,17+,18+,19+,20+,21+,22+,23+,24+/m1/s1. The van der Waals surface area contributed by atoms with Crippen LogP contribution in [0.2, 0.25) is 0 Å². The summed E-state index contributed by atoms with van der Waals surface area (Å²) >= 11 is 0. The highest BCUT2D eigenvalue weighted by Gasteiger charge is 2.55. The van der Waals surface area contributed by atoms with E-state index in [4.69, 9.17) is 33.2 Å². The number of hydrogen-bond donors (Lipinski definition) is 14. The molecule has 4 aliphatic rings. The average molecular weight is 667 g/mol.